The van der Waals surface area contributed by atoms with Crippen LogP contribution in [0.3, 0.4) is 0 Å². The molecule has 0 heterocycles. The number of alkyl halides is 6. The Hall–Kier alpha value is -1.18. The molecular formula is C14H17BF6N. The molecule has 1 aromatic carbocycles. The van der Waals surface area contributed by atoms with Crippen molar-refractivity contribution in [1.82, 2.24) is 4.81 Å². The van der Waals surface area contributed by atoms with Crippen molar-refractivity contribution in [3.8, 4) is 0 Å². The molecule has 1 aromatic rings. The molecule has 0 bridgehead atoms. The topological polar surface area (TPSA) is 3.24 Å². The minimum atomic E-state index is -4.82. The minimum absolute atomic E-state index is 0.0935. The summed E-state index contributed by atoms with van der Waals surface area (Å²) in [6.07, 6.45) is -8.13. The molecule has 0 saturated heterocycles. The molecule has 0 aliphatic heterocycles. The Morgan fingerprint density at radius 2 is 1.23 bits per heavy atom. The van der Waals surface area contributed by atoms with Gasteiger partial charge in [0.05, 0.1) is 11.1 Å². The molecule has 0 fully saturated rings. The number of rotatable bonds is 6. The molecule has 1 nitrogen and oxygen atoms in total. The van der Waals surface area contributed by atoms with Crippen molar-refractivity contribution >= 4 is 12.9 Å². The van der Waals surface area contributed by atoms with E-state index in [1.165, 1.54) is 7.41 Å². The van der Waals surface area contributed by atoms with E-state index < -0.39 is 23.5 Å². The second-order valence-electron chi connectivity index (χ2n) is 5.00. The summed E-state index contributed by atoms with van der Waals surface area (Å²) < 4.78 is 76.6. The van der Waals surface area contributed by atoms with Gasteiger partial charge in [0, 0.05) is 0 Å². The highest BCUT2D eigenvalue weighted by molar-refractivity contribution is 6.50. The third kappa shape index (κ3) is 5.55. The predicted molar refractivity (Wildman–Crippen MR) is 74.0 cm³/mol. The smallest absolute Gasteiger partial charge is 0.342 e. The molecule has 0 atom stereocenters. The average Bonchev–Trinajstić information content (AvgIpc) is 2.37. The van der Waals surface area contributed by atoms with E-state index in [9.17, 15) is 26.3 Å². The Balaban J connectivity index is 3.17. The Bertz CT molecular complexity index is 445. The summed E-state index contributed by atoms with van der Waals surface area (Å²) in [6, 6.07) is 1.63. The number of nitrogens with zero attached hydrogens (tertiary/aromatic N) is 1. The molecule has 0 amide bonds. The molecule has 0 saturated carbocycles. The van der Waals surface area contributed by atoms with Gasteiger partial charge in [-0.1, -0.05) is 31.4 Å². The molecule has 0 aliphatic carbocycles. The Morgan fingerprint density at radius 1 is 0.818 bits per heavy atom. The van der Waals surface area contributed by atoms with E-state index in [-0.39, 0.29) is 11.5 Å². The van der Waals surface area contributed by atoms with Crippen molar-refractivity contribution in [2.24, 2.45) is 0 Å². The summed E-state index contributed by atoms with van der Waals surface area (Å²) in [6.45, 7) is 4.93. The summed E-state index contributed by atoms with van der Waals surface area (Å²) in [7, 11) is 1.36. The van der Waals surface area contributed by atoms with Crippen molar-refractivity contribution in [1.29, 1.82) is 0 Å². The van der Waals surface area contributed by atoms with Gasteiger partial charge in [-0.15, -0.1) is 0 Å². The highest BCUT2D eigenvalue weighted by Gasteiger charge is 2.36. The Morgan fingerprint density at radius 3 is 1.55 bits per heavy atom. The molecule has 22 heavy (non-hydrogen) atoms. The molecule has 123 valence electrons. The van der Waals surface area contributed by atoms with Crippen LogP contribution in [0.1, 0.15) is 37.8 Å². The third-order valence-electron chi connectivity index (χ3n) is 2.96. The normalized spacial score (nSPS) is 12.8. The minimum Gasteiger partial charge on any atom is -0.342 e. The third-order valence-corrected chi connectivity index (χ3v) is 2.96. The van der Waals surface area contributed by atoms with Crippen molar-refractivity contribution < 1.29 is 26.3 Å². The highest BCUT2D eigenvalue weighted by Crippen LogP contribution is 2.34. The van der Waals surface area contributed by atoms with Crippen LogP contribution >= 0.6 is 0 Å². The summed E-state index contributed by atoms with van der Waals surface area (Å²) in [5.74, 6) is 0. The first-order chi connectivity index (χ1) is 10.1. The lowest BCUT2D eigenvalue weighted by atomic mass is 9.78. The van der Waals surface area contributed by atoms with Crippen LogP contribution in [0.5, 0.6) is 0 Å². The SMILES string of the molecule is CCCN([B]c1cc(C(F)(F)F)cc(C(F)(F)F)c1)CCC. The van der Waals surface area contributed by atoms with E-state index in [2.05, 4.69) is 0 Å². The van der Waals surface area contributed by atoms with Gasteiger partial charge in [0.25, 0.3) is 0 Å². The standard InChI is InChI=1S/C14H17BF6N/c1-3-5-22(6-4-2)15-12-8-10(13(16,17)18)7-11(9-12)14(19,20)21/h7-9H,3-6H2,1-2H3. The first-order valence-electron chi connectivity index (χ1n) is 6.96. The van der Waals surface area contributed by atoms with Gasteiger partial charge >= 0.3 is 12.4 Å². The number of hydrogen-bond donors (Lipinski definition) is 0. The van der Waals surface area contributed by atoms with Gasteiger partial charge in [-0.25, -0.2) is 0 Å². The largest absolute Gasteiger partial charge is 0.416 e. The van der Waals surface area contributed by atoms with E-state index in [1.807, 2.05) is 13.8 Å². The lowest BCUT2D eigenvalue weighted by Crippen LogP contribution is -2.38. The van der Waals surface area contributed by atoms with Crippen molar-refractivity contribution in [3.63, 3.8) is 0 Å². The van der Waals surface area contributed by atoms with Crippen LogP contribution in [0.4, 0.5) is 26.3 Å². The van der Waals surface area contributed by atoms with Crippen molar-refractivity contribution in [3.05, 3.63) is 29.3 Å². The summed E-state index contributed by atoms with van der Waals surface area (Å²) in [4.78, 5) is 1.73. The van der Waals surface area contributed by atoms with Crippen LogP contribution in [0.2, 0.25) is 0 Å². The monoisotopic (exact) mass is 324 g/mol. The molecule has 1 rings (SSSR count). The second kappa shape index (κ2) is 7.39. The van der Waals surface area contributed by atoms with Crippen LogP contribution in [0.15, 0.2) is 18.2 Å². The average molecular weight is 324 g/mol. The maximum absolute atomic E-state index is 12.8. The van der Waals surface area contributed by atoms with E-state index in [4.69, 9.17) is 0 Å². The zero-order chi connectivity index (χ0) is 17.0. The number of benzene rings is 1. The van der Waals surface area contributed by atoms with Crippen LogP contribution in [-0.4, -0.2) is 25.3 Å². The Kier molecular flexibility index (Phi) is 6.34. The summed E-state index contributed by atoms with van der Waals surface area (Å²) >= 11 is 0. The molecule has 0 aromatic heterocycles. The van der Waals surface area contributed by atoms with Gasteiger partial charge in [-0.05, 0) is 32.0 Å². The van der Waals surface area contributed by atoms with E-state index in [0.29, 0.717) is 13.1 Å². The summed E-state index contributed by atoms with van der Waals surface area (Å²) in [5.41, 5.74) is -2.67. The summed E-state index contributed by atoms with van der Waals surface area (Å²) in [5, 5.41) is 0. The van der Waals surface area contributed by atoms with Gasteiger partial charge in [-0.3, -0.25) is 0 Å². The Labute approximate surface area is 126 Å². The molecule has 0 spiro atoms. The molecular weight excluding hydrogens is 307 g/mol. The predicted octanol–water partition coefficient (Wildman–Crippen LogP) is 4.09. The van der Waals surface area contributed by atoms with Crippen LogP contribution in [0, 0.1) is 0 Å². The van der Waals surface area contributed by atoms with Gasteiger partial charge < -0.3 is 4.81 Å². The fourth-order valence-electron chi connectivity index (χ4n) is 2.08. The second-order valence-corrected chi connectivity index (χ2v) is 5.00. The first-order valence-corrected chi connectivity index (χ1v) is 6.96. The molecule has 1 radical (unpaired) electrons. The fraction of sp³-hybridized carbons (Fsp3) is 0.571. The highest BCUT2D eigenvalue weighted by atomic mass is 19.4. The lowest BCUT2D eigenvalue weighted by Gasteiger charge is -2.21. The van der Waals surface area contributed by atoms with Gasteiger partial charge in [0.1, 0.15) is 0 Å². The van der Waals surface area contributed by atoms with E-state index in [1.54, 1.807) is 4.81 Å². The van der Waals surface area contributed by atoms with Gasteiger partial charge in [0.15, 0.2) is 0 Å². The van der Waals surface area contributed by atoms with Crippen LogP contribution < -0.4 is 5.46 Å². The maximum Gasteiger partial charge on any atom is 0.416 e. The van der Waals surface area contributed by atoms with Crippen LogP contribution in [0.25, 0.3) is 0 Å². The molecule has 0 aliphatic rings. The first kappa shape index (κ1) is 18.9. The van der Waals surface area contributed by atoms with Crippen molar-refractivity contribution in [2.45, 2.75) is 39.0 Å². The quantitative estimate of drug-likeness (QED) is 0.563. The molecule has 0 unspecified atom stereocenters. The van der Waals surface area contributed by atoms with Crippen LogP contribution in [-0.2, 0) is 12.4 Å². The maximum atomic E-state index is 12.8. The van der Waals surface area contributed by atoms with E-state index >= 15 is 0 Å². The zero-order valence-electron chi connectivity index (χ0n) is 12.4. The number of hydrogen-bond acceptors (Lipinski definition) is 1. The number of halogens is 6. The lowest BCUT2D eigenvalue weighted by molar-refractivity contribution is -0.142. The molecule has 0 N–H and O–H groups in total. The molecule has 8 heteroatoms. The van der Waals surface area contributed by atoms with Crippen molar-refractivity contribution in [2.75, 3.05) is 13.1 Å². The van der Waals surface area contributed by atoms with Gasteiger partial charge in [0.2, 0.25) is 7.41 Å². The zero-order valence-corrected chi connectivity index (χ0v) is 12.4. The van der Waals surface area contributed by atoms with Gasteiger partial charge in [-0.2, -0.15) is 26.3 Å². The van der Waals surface area contributed by atoms with E-state index in [0.717, 1.165) is 25.0 Å². The fourth-order valence-corrected chi connectivity index (χ4v) is 2.08.